The van der Waals surface area contributed by atoms with Crippen LogP contribution < -0.4 is 16.0 Å². The van der Waals surface area contributed by atoms with Gasteiger partial charge in [0.05, 0.1) is 11.1 Å². The van der Waals surface area contributed by atoms with Gasteiger partial charge in [-0.05, 0) is 68.3 Å². The Bertz CT molecular complexity index is 918. The van der Waals surface area contributed by atoms with Crippen molar-refractivity contribution >= 4 is 23.6 Å². The zero-order valence-electron chi connectivity index (χ0n) is 16.8. The van der Waals surface area contributed by atoms with E-state index in [-0.39, 0.29) is 18.7 Å². The molecule has 0 spiro atoms. The van der Waals surface area contributed by atoms with Gasteiger partial charge in [0.25, 0.3) is 11.8 Å². The molecule has 0 aromatic heterocycles. The van der Waals surface area contributed by atoms with E-state index in [0.29, 0.717) is 23.7 Å². The zero-order chi connectivity index (χ0) is 20.8. The number of hydrogen-bond donors (Lipinski definition) is 3. The summed E-state index contributed by atoms with van der Waals surface area (Å²) in [4.78, 5) is 50.2. The Morgan fingerprint density at radius 2 is 1.80 bits per heavy atom. The second-order valence-corrected chi connectivity index (χ2v) is 8.89. The Kier molecular flexibility index (Phi) is 4.91. The average Bonchev–Trinajstić information content (AvgIpc) is 3.29. The van der Waals surface area contributed by atoms with E-state index in [1.165, 1.54) is 19.3 Å². The summed E-state index contributed by atoms with van der Waals surface area (Å²) in [6.45, 7) is 2.92. The van der Waals surface area contributed by atoms with Crippen LogP contribution in [-0.2, 0) is 16.1 Å². The van der Waals surface area contributed by atoms with Gasteiger partial charge in [-0.15, -0.1) is 0 Å². The summed E-state index contributed by atoms with van der Waals surface area (Å²) in [7, 11) is 0. The molecule has 1 aromatic rings. The third-order valence-corrected chi connectivity index (χ3v) is 7.04. The van der Waals surface area contributed by atoms with Crippen molar-refractivity contribution in [2.45, 2.75) is 50.7 Å². The summed E-state index contributed by atoms with van der Waals surface area (Å²) in [5.74, 6) is -0.258. The first-order valence-electron chi connectivity index (χ1n) is 10.8. The minimum atomic E-state index is -0.923. The van der Waals surface area contributed by atoms with Crippen molar-refractivity contribution in [3.63, 3.8) is 0 Å². The lowest BCUT2D eigenvalue weighted by Crippen LogP contribution is -2.54. The lowest BCUT2D eigenvalue weighted by molar-refractivity contribution is -0.136. The Hall–Kier alpha value is -2.58. The number of nitrogens with one attached hydrogen (secondary N) is 3. The summed E-state index contributed by atoms with van der Waals surface area (Å²) in [6, 6.07) is 4.87. The number of imide groups is 2. The summed E-state index contributed by atoms with van der Waals surface area (Å²) in [6.07, 6.45) is 3.96. The molecule has 4 aliphatic rings. The number of carbonyl (C=O) groups is 4. The van der Waals surface area contributed by atoms with Crippen LogP contribution in [0.4, 0.5) is 0 Å². The van der Waals surface area contributed by atoms with Gasteiger partial charge in [-0.25, -0.2) is 0 Å². The number of rotatable bonds is 5. The number of fused-ring (bicyclic) bond motifs is 1. The number of carbonyl (C=O) groups excluding carboxylic acids is 4. The molecule has 8 nitrogen and oxygen atoms in total. The molecule has 30 heavy (non-hydrogen) atoms. The first kappa shape index (κ1) is 19.4. The summed E-state index contributed by atoms with van der Waals surface area (Å²) >= 11 is 0. The van der Waals surface area contributed by atoms with Crippen LogP contribution in [0.25, 0.3) is 0 Å². The van der Waals surface area contributed by atoms with Gasteiger partial charge in [0.1, 0.15) is 6.04 Å². The van der Waals surface area contributed by atoms with Crippen LogP contribution >= 0.6 is 0 Å². The molecule has 4 amide bonds. The van der Waals surface area contributed by atoms with E-state index in [1.54, 1.807) is 12.1 Å². The van der Waals surface area contributed by atoms with Gasteiger partial charge >= 0.3 is 0 Å². The molecule has 3 aliphatic heterocycles. The fraction of sp³-hybridized carbons (Fsp3) is 0.545. The smallest absolute Gasteiger partial charge is 0.262 e. The highest BCUT2D eigenvalue weighted by molar-refractivity contribution is 6.23. The molecule has 2 unspecified atom stereocenters. The number of amides is 4. The lowest BCUT2D eigenvalue weighted by Gasteiger charge is -2.39. The SMILES string of the molecule is O=C1CCC(N2C(=O)c3ccc(CNC4CC(C5CCNC5)C4)cc3C2=O)C(=O)N1. The van der Waals surface area contributed by atoms with Crippen molar-refractivity contribution in [1.29, 1.82) is 0 Å². The van der Waals surface area contributed by atoms with Crippen LogP contribution in [0.15, 0.2) is 18.2 Å². The second-order valence-electron chi connectivity index (χ2n) is 8.89. The Morgan fingerprint density at radius 1 is 1.00 bits per heavy atom. The van der Waals surface area contributed by atoms with Crippen LogP contribution in [0.1, 0.15) is 58.4 Å². The highest BCUT2D eigenvalue weighted by atomic mass is 16.2. The van der Waals surface area contributed by atoms with E-state index in [2.05, 4.69) is 16.0 Å². The molecule has 1 aromatic carbocycles. The number of nitrogens with zero attached hydrogens (tertiary/aromatic N) is 1. The van der Waals surface area contributed by atoms with Gasteiger partial charge in [-0.2, -0.15) is 0 Å². The van der Waals surface area contributed by atoms with Crippen molar-refractivity contribution < 1.29 is 19.2 Å². The molecular formula is C22H26N4O4. The van der Waals surface area contributed by atoms with E-state index in [9.17, 15) is 19.2 Å². The van der Waals surface area contributed by atoms with Crippen molar-refractivity contribution in [1.82, 2.24) is 20.9 Å². The Labute approximate surface area is 174 Å². The monoisotopic (exact) mass is 410 g/mol. The maximum Gasteiger partial charge on any atom is 0.262 e. The maximum absolute atomic E-state index is 12.9. The van der Waals surface area contributed by atoms with Gasteiger partial charge in [0.2, 0.25) is 11.8 Å². The summed E-state index contributed by atoms with van der Waals surface area (Å²) in [5, 5.41) is 9.21. The fourth-order valence-electron chi connectivity index (χ4n) is 5.18. The molecule has 0 radical (unpaired) electrons. The minimum Gasteiger partial charge on any atom is -0.316 e. The highest BCUT2D eigenvalue weighted by Crippen LogP contribution is 2.37. The van der Waals surface area contributed by atoms with E-state index in [4.69, 9.17) is 0 Å². The highest BCUT2D eigenvalue weighted by Gasteiger charge is 2.44. The van der Waals surface area contributed by atoms with Gasteiger partial charge in [0.15, 0.2) is 0 Å². The Balaban J connectivity index is 1.22. The van der Waals surface area contributed by atoms with E-state index >= 15 is 0 Å². The van der Waals surface area contributed by atoms with Crippen LogP contribution in [0.3, 0.4) is 0 Å². The first-order valence-corrected chi connectivity index (χ1v) is 10.8. The lowest BCUT2D eigenvalue weighted by atomic mass is 9.72. The molecule has 0 bridgehead atoms. The molecule has 1 aliphatic carbocycles. The Morgan fingerprint density at radius 3 is 2.53 bits per heavy atom. The number of piperidine rings is 1. The van der Waals surface area contributed by atoms with Crippen LogP contribution in [0.2, 0.25) is 0 Å². The maximum atomic E-state index is 12.9. The summed E-state index contributed by atoms with van der Waals surface area (Å²) < 4.78 is 0. The molecule has 3 heterocycles. The largest absolute Gasteiger partial charge is 0.316 e. The molecule has 2 atom stereocenters. The molecule has 2 saturated heterocycles. The zero-order valence-corrected chi connectivity index (χ0v) is 16.8. The van der Waals surface area contributed by atoms with Crippen LogP contribution in [0.5, 0.6) is 0 Å². The standard InChI is InChI=1S/C22H26N4O4/c27-19-4-3-18(20(28)25-19)26-21(29)16-2-1-12(7-17(16)22(26)30)10-24-15-8-14(9-15)13-5-6-23-11-13/h1-2,7,13-15,18,23-24H,3-6,8-11H2,(H,25,27,28). The van der Waals surface area contributed by atoms with Crippen LogP contribution in [-0.4, -0.2) is 53.7 Å². The molecule has 5 rings (SSSR count). The minimum absolute atomic E-state index is 0.123. The van der Waals surface area contributed by atoms with Crippen molar-refractivity contribution in [2.75, 3.05) is 13.1 Å². The van der Waals surface area contributed by atoms with Gasteiger partial charge in [-0.1, -0.05) is 6.07 Å². The van der Waals surface area contributed by atoms with Gasteiger partial charge in [0, 0.05) is 19.0 Å². The molecule has 3 N–H and O–H groups in total. The normalized spacial score (nSPS) is 31.0. The predicted octanol–water partition coefficient (Wildman–Crippen LogP) is 0.566. The summed E-state index contributed by atoms with van der Waals surface area (Å²) in [5.41, 5.74) is 1.62. The molecule has 1 saturated carbocycles. The molecular weight excluding hydrogens is 384 g/mol. The quantitative estimate of drug-likeness (QED) is 0.613. The van der Waals surface area contributed by atoms with E-state index in [1.807, 2.05) is 6.07 Å². The molecule has 3 fully saturated rings. The fourth-order valence-corrected chi connectivity index (χ4v) is 5.18. The van der Waals surface area contributed by atoms with Crippen LogP contribution in [0, 0.1) is 11.8 Å². The third-order valence-electron chi connectivity index (χ3n) is 7.04. The van der Waals surface area contributed by atoms with Crippen molar-refractivity contribution in [3.05, 3.63) is 34.9 Å². The predicted molar refractivity (Wildman–Crippen MR) is 107 cm³/mol. The molecule has 158 valence electrons. The topological polar surface area (TPSA) is 108 Å². The van der Waals surface area contributed by atoms with Gasteiger partial charge in [-0.3, -0.25) is 29.4 Å². The van der Waals surface area contributed by atoms with Gasteiger partial charge < -0.3 is 10.6 Å². The van der Waals surface area contributed by atoms with Crippen molar-refractivity contribution in [2.24, 2.45) is 11.8 Å². The third kappa shape index (κ3) is 3.33. The van der Waals surface area contributed by atoms with Crippen molar-refractivity contribution in [3.8, 4) is 0 Å². The van der Waals surface area contributed by atoms with E-state index in [0.717, 1.165) is 35.4 Å². The first-order chi connectivity index (χ1) is 14.5. The number of benzene rings is 1. The van der Waals surface area contributed by atoms with E-state index < -0.39 is 23.8 Å². The second kappa shape index (κ2) is 7.59. The average molecular weight is 410 g/mol. The molecule has 8 heteroatoms. The number of hydrogen-bond acceptors (Lipinski definition) is 6.